The molecule has 1 aromatic rings. The number of nitrogens with zero attached hydrogens (tertiary/aromatic N) is 3. The van der Waals surface area contributed by atoms with Gasteiger partial charge in [-0.1, -0.05) is 6.92 Å². The molecule has 1 amide bonds. The minimum atomic E-state index is -0.591. The van der Waals surface area contributed by atoms with Crippen LogP contribution in [0.25, 0.3) is 0 Å². The molecular formula is C13H22N4O3. The molecule has 2 N–H and O–H groups in total. The van der Waals surface area contributed by atoms with E-state index in [1.54, 1.807) is 9.47 Å². The van der Waals surface area contributed by atoms with Crippen molar-refractivity contribution in [2.75, 3.05) is 25.9 Å². The number of rotatable bonds is 6. The van der Waals surface area contributed by atoms with E-state index in [1.807, 2.05) is 20.8 Å². The number of likely N-dealkylation sites (N-methyl/N-ethyl adjacent to an activating group) is 1. The highest BCUT2D eigenvalue weighted by Crippen LogP contribution is 2.16. The molecule has 1 rings (SSSR count). The van der Waals surface area contributed by atoms with E-state index in [2.05, 4.69) is 9.72 Å². The van der Waals surface area contributed by atoms with E-state index >= 15 is 0 Å². The number of methoxy groups -OCH3 is 1. The highest BCUT2D eigenvalue weighted by Gasteiger charge is 2.22. The number of aryl methyl sites for hydroxylation is 1. The van der Waals surface area contributed by atoms with Crippen LogP contribution in [0.3, 0.4) is 0 Å². The van der Waals surface area contributed by atoms with Crippen LogP contribution in [0.4, 0.5) is 5.82 Å². The van der Waals surface area contributed by atoms with E-state index < -0.39 is 5.97 Å². The van der Waals surface area contributed by atoms with E-state index in [4.69, 9.17) is 5.73 Å². The van der Waals surface area contributed by atoms with Gasteiger partial charge in [-0.2, -0.15) is 0 Å². The molecule has 0 unspecified atom stereocenters. The zero-order valence-corrected chi connectivity index (χ0v) is 12.5. The van der Waals surface area contributed by atoms with Gasteiger partial charge in [0.2, 0.25) is 5.91 Å². The van der Waals surface area contributed by atoms with Gasteiger partial charge in [0.1, 0.15) is 18.2 Å². The molecule has 20 heavy (non-hydrogen) atoms. The molecule has 7 nitrogen and oxygen atoms in total. The van der Waals surface area contributed by atoms with Crippen LogP contribution < -0.4 is 5.73 Å². The van der Waals surface area contributed by atoms with Crippen molar-refractivity contribution in [1.29, 1.82) is 0 Å². The summed E-state index contributed by atoms with van der Waals surface area (Å²) in [6.07, 6.45) is 0.576. The van der Waals surface area contributed by atoms with Gasteiger partial charge in [0.15, 0.2) is 5.69 Å². The summed E-state index contributed by atoms with van der Waals surface area (Å²) in [6.45, 7) is 7.07. The summed E-state index contributed by atoms with van der Waals surface area (Å²) in [7, 11) is 1.27. The van der Waals surface area contributed by atoms with Crippen molar-refractivity contribution >= 4 is 17.7 Å². The van der Waals surface area contributed by atoms with Crippen LogP contribution in [0, 0.1) is 0 Å². The van der Waals surface area contributed by atoms with Crippen LogP contribution in [0.15, 0.2) is 0 Å². The van der Waals surface area contributed by atoms with Gasteiger partial charge in [-0.15, -0.1) is 0 Å². The van der Waals surface area contributed by atoms with E-state index in [1.165, 1.54) is 7.11 Å². The van der Waals surface area contributed by atoms with Crippen LogP contribution >= 0.6 is 0 Å². The predicted octanol–water partition coefficient (Wildman–Crippen LogP) is 0.683. The van der Waals surface area contributed by atoms with Crippen LogP contribution in [0.2, 0.25) is 0 Å². The third-order valence-electron chi connectivity index (χ3n) is 3.19. The molecular weight excluding hydrogens is 260 g/mol. The maximum absolute atomic E-state index is 12.1. The molecule has 0 saturated heterocycles. The minimum Gasteiger partial charge on any atom is -0.464 e. The lowest BCUT2D eigenvalue weighted by Gasteiger charge is -2.19. The first-order chi connectivity index (χ1) is 9.49. The second kappa shape index (κ2) is 6.93. The Morgan fingerprint density at radius 1 is 1.30 bits per heavy atom. The molecule has 1 aromatic heterocycles. The Bertz CT molecular complexity index is 492. The van der Waals surface area contributed by atoms with E-state index in [0.29, 0.717) is 25.3 Å². The molecule has 0 aromatic carbocycles. The second-order valence-corrected chi connectivity index (χ2v) is 4.26. The molecule has 1 heterocycles. The Balaban J connectivity index is 3.08. The molecule has 0 saturated carbocycles. The van der Waals surface area contributed by atoms with E-state index in [-0.39, 0.29) is 24.0 Å². The lowest BCUT2D eigenvalue weighted by molar-refractivity contribution is -0.131. The first kappa shape index (κ1) is 16.0. The number of nitrogens with two attached hydrogens (primary N) is 1. The minimum absolute atomic E-state index is 0.0507. The largest absolute Gasteiger partial charge is 0.464 e. The summed E-state index contributed by atoms with van der Waals surface area (Å²) < 4.78 is 6.21. The van der Waals surface area contributed by atoms with Gasteiger partial charge in [-0.3, -0.25) is 4.79 Å². The van der Waals surface area contributed by atoms with Crippen LogP contribution in [0.1, 0.15) is 37.1 Å². The fraction of sp³-hybridized carbons (Fsp3) is 0.615. The Morgan fingerprint density at radius 2 is 1.90 bits per heavy atom. The second-order valence-electron chi connectivity index (χ2n) is 4.26. The Labute approximate surface area is 118 Å². The van der Waals surface area contributed by atoms with Gasteiger partial charge >= 0.3 is 5.97 Å². The van der Waals surface area contributed by atoms with Crippen molar-refractivity contribution in [1.82, 2.24) is 14.5 Å². The van der Waals surface area contributed by atoms with Crippen LogP contribution in [-0.4, -0.2) is 46.5 Å². The third-order valence-corrected chi connectivity index (χ3v) is 3.19. The Hall–Kier alpha value is -2.05. The first-order valence-electron chi connectivity index (χ1n) is 6.70. The topological polar surface area (TPSA) is 90.4 Å². The molecule has 7 heteroatoms. The lowest BCUT2D eigenvalue weighted by atomic mass is 10.4. The van der Waals surface area contributed by atoms with Crippen molar-refractivity contribution in [3.05, 3.63) is 11.5 Å². The first-order valence-corrected chi connectivity index (χ1v) is 6.70. The number of amides is 1. The number of ether oxygens (including phenoxy) is 1. The fourth-order valence-corrected chi connectivity index (χ4v) is 2.02. The normalized spacial score (nSPS) is 10.4. The molecule has 0 spiro atoms. The van der Waals surface area contributed by atoms with E-state index in [9.17, 15) is 9.59 Å². The summed E-state index contributed by atoms with van der Waals surface area (Å²) in [5, 5.41) is 0. The predicted molar refractivity (Wildman–Crippen MR) is 75.3 cm³/mol. The molecule has 0 bridgehead atoms. The smallest absolute Gasteiger partial charge is 0.360 e. The van der Waals surface area contributed by atoms with E-state index in [0.717, 1.165) is 0 Å². The lowest BCUT2D eigenvalue weighted by Crippen LogP contribution is -2.34. The number of carbonyl (C=O) groups excluding carboxylic acids is 2. The number of hydrogen-bond donors (Lipinski definition) is 1. The highest BCUT2D eigenvalue weighted by atomic mass is 16.5. The number of esters is 1. The number of hydrogen-bond acceptors (Lipinski definition) is 5. The SMILES string of the molecule is CCc1nc(C(=O)OC)c(N)n1CC(=O)N(CC)CC. The summed E-state index contributed by atoms with van der Waals surface area (Å²) in [4.78, 5) is 29.6. The standard InChI is InChI=1S/C13H22N4O3/c1-5-9-15-11(13(19)20-4)12(14)17(9)8-10(18)16(6-2)7-3/h5-8,14H2,1-4H3. The zero-order chi connectivity index (χ0) is 15.3. The molecule has 0 aliphatic rings. The Morgan fingerprint density at radius 3 is 2.35 bits per heavy atom. The molecule has 0 aliphatic heterocycles. The quantitative estimate of drug-likeness (QED) is 0.775. The maximum Gasteiger partial charge on any atom is 0.360 e. The average Bonchev–Trinajstić information content (AvgIpc) is 2.76. The number of aromatic nitrogens is 2. The third kappa shape index (κ3) is 3.09. The molecule has 0 fully saturated rings. The number of anilines is 1. The van der Waals surface area contributed by atoms with Crippen molar-refractivity contribution in [2.45, 2.75) is 33.7 Å². The molecule has 0 atom stereocenters. The van der Waals surface area contributed by atoms with Crippen LogP contribution in [-0.2, 0) is 22.5 Å². The summed E-state index contributed by atoms with van der Waals surface area (Å²) in [6, 6.07) is 0. The molecule has 0 aliphatic carbocycles. The molecule has 112 valence electrons. The maximum atomic E-state index is 12.1. The number of imidazole rings is 1. The average molecular weight is 282 g/mol. The number of nitrogen functional groups attached to an aromatic ring is 1. The zero-order valence-electron chi connectivity index (χ0n) is 12.5. The van der Waals surface area contributed by atoms with Gasteiger partial charge in [-0.25, -0.2) is 9.78 Å². The fourth-order valence-electron chi connectivity index (χ4n) is 2.02. The Kier molecular flexibility index (Phi) is 5.54. The van der Waals surface area contributed by atoms with Gasteiger partial charge in [0.05, 0.1) is 7.11 Å². The summed E-state index contributed by atoms with van der Waals surface area (Å²) in [5.41, 5.74) is 5.98. The van der Waals surface area contributed by atoms with Gasteiger partial charge < -0.3 is 19.9 Å². The van der Waals surface area contributed by atoms with Crippen LogP contribution in [0.5, 0.6) is 0 Å². The van der Waals surface area contributed by atoms with Crippen molar-refractivity contribution in [2.24, 2.45) is 0 Å². The summed E-state index contributed by atoms with van der Waals surface area (Å²) >= 11 is 0. The van der Waals surface area contributed by atoms with Crippen molar-refractivity contribution < 1.29 is 14.3 Å². The monoisotopic (exact) mass is 282 g/mol. The van der Waals surface area contributed by atoms with Crippen molar-refractivity contribution in [3.63, 3.8) is 0 Å². The number of carbonyl (C=O) groups is 2. The molecule has 0 radical (unpaired) electrons. The summed E-state index contributed by atoms with van der Waals surface area (Å²) in [5.74, 6) is 0.133. The van der Waals surface area contributed by atoms with Gasteiger partial charge in [0, 0.05) is 19.5 Å². The van der Waals surface area contributed by atoms with Gasteiger partial charge in [-0.05, 0) is 13.8 Å². The van der Waals surface area contributed by atoms with Gasteiger partial charge in [0.25, 0.3) is 0 Å². The highest BCUT2D eigenvalue weighted by molar-refractivity contribution is 5.92. The van der Waals surface area contributed by atoms with Crippen molar-refractivity contribution in [3.8, 4) is 0 Å².